The fourth-order valence-corrected chi connectivity index (χ4v) is 3.60. The van der Waals surface area contributed by atoms with Gasteiger partial charge in [0.25, 0.3) is 0 Å². The van der Waals surface area contributed by atoms with Gasteiger partial charge < -0.3 is 19.1 Å². The third-order valence-electron chi connectivity index (χ3n) is 6.02. The van der Waals surface area contributed by atoms with Gasteiger partial charge in [-0.15, -0.1) is 0 Å². The summed E-state index contributed by atoms with van der Waals surface area (Å²) < 4.78 is 12.1. The van der Waals surface area contributed by atoms with Gasteiger partial charge in [-0.2, -0.15) is 0 Å². The number of rotatable bonds is 4. The van der Waals surface area contributed by atoms with Crippen LogP contribution in [0.2, 0.25) is 0 Å². The summed E-state index contributed by atoms with van der Waals surface area (Å²) in [6.45, 7) is 12.3. The molecule has 7 nitrogen and oxygen atoms in total. The highest BCUT2D eigenvalue weighted by Crippen LogP contribution is 2.36. The second-order valence-corrected chi connectivity index (χ2v) is 8.76. The van der Waals surface area contributed by atoms with Crippen molar-refractivity contribution in [3.63, 3.8) is 0 Å². The van der Waals surface area contributed by atoms with Gasteiger partial charge in [0.2, 0.25) is 11.9 Å². The summed E-state index contributed by atoms with van der Waals surface area (Å²) >= 11 is 0. The average molecular weight is 374 g/mol. The fraction of sp³-hybridized carbons (Fsp3) is 0.737. The van der Waals surface area contributed by atoms with Crippen LogP contribution in [0.5, 0.6) is 0 Å². The van der Waals surface area contributed by atoms with Crippen molar-refractivity contribution in [1.82, 2.24) is 14.9 Å². The lowest BCUT2D eigenvalue weighted by molar-refractivity contribution is -0.130. The number of hydrogen-bond donors (Lipinski definition) is 0. The SMILES string of the molecule is CC(=O)N1CCC[C@@H](CN(C)c2ncc(B3OC(C)(C)C(C)(C)O3)cn2)C1. The topological polar surface area (TPSA) is 67.8 Å². The second-order valence-electron chi connectivity index (χ2n) is 8.76. The Labute approximate surface area is 162 Å². The van der Waals surface area contributed by atoms with E-state index in [1.165, 1.54) is 0 Å². The molecular weight excluding hydrogens is 343 g/mol. The van der Waals surface area contributed by atoms with Gasteiger partial charge >= 0.3 is 7.12 Å². The zero-order valence-electron chi connectivity index (χ0n) is 17.4. The van der Waals surface area contributed by atoms with Gasteiger partial charge in [0.1, 0.15) is 0 Å². The summed E-state index contributed by atoms with van der Waals surface area (Å²) in [5.41, 5.74) is 0.0687. The highest BCUT2D eigenvalue weighted by molar-refractivity contribution is 6.61. The van der Waals surface area contributed by atoms with Gasteiger partial charge in [-0.3, -0.25) is 4.79 Å². The van der Waals surface area contributed by atoms with E-state index < -0.39 is 7.12 Å². The highest BCUT2D eigenvalue weighted by atomic mass is 16.7. The quantitative estimate of drug-likeness (QED) is 0.744. The van der Waals surface area contributed by atoms with Gasteiger partial charge in [-0.25, -0.2) is 9.97 Å². The van der Waals surface area contributed by atoms with E-state index in [4.69, 9.17) is 9.31 Å². The highest BCUT2D eigenvalue weighted by Gasteiger charge is 2.52. The Morgan fingerprint density at radius 3 is 2.41 bits per heavy atom. The van der Waals surface area contributed by atoms with Crippen molar-refractivity contribution < 1.29 is 14.1 Å². The Morgan fingerprint density at radius 2 is 1.85 bits per heavy atom. The van der Waals surface area contributed by atoms with Crippen LogP contribution in [0.15, 0.2) is 12.4 Å². The van der Waals surface area contributed by atoms with Crippen molar-refractivity contribution in [1.29, 1.82) is 0 Å². The van der Waals surface area contributed by atoms with Crippen molar-refractivity contribution in [3.8, 4) is 0 Å². The molecule has 0 radical (unpaired) electrons. The van der Waals surface area contributed by atoms with Crippen LogP contribution in [-0.2, 0) is 14.1 Å². The van der Waals surface area contributed by atoms with Crippen LogP contribution in [0.3, 0.4) is 0 Å². The second kappa shape index (κ2) is 7.39. The number of nitrogens with zero attached hydrogens (tertiary/aromatic N) is 4. The van der Waals surface area contributed by atoms with Crippen LogP contribution >= 0.6 is 0 Å². The molecule has 0 spiro atoms. The molecule has 0 aromatic carbocycles. The predicted molar refractivity (Wildman–Crippen MR) is 106 cm³/mol. The van der Waals surface area contributed by atoms with E-state index in [0.29, 0.717) is 11.9 Å². The lowest BCUT2D eigenvalue weighted by Gasteiger charge is -2.34. The predicted octanol–water partition coefficient (Wildman–Crippen LogP) is 1.47. The first-order valence-corrected chi connectivity index (χ1v) is 9.73. The Kier molecular flexibility index (Phi) is 5.50. The minimum Gasteiger partial charge on any atom is -0.399 e. The summed E-state index contributed by atoms with van der Waals surface area (Å²) in [4.78, 5) is 24.6. The van der Waals surface area contributed by atoms with E-state index in [9.17, 15) is 4.79 Å². The van der Waals surface area contributed by atoms with E-state index in [-0.39, 0.29) is 17.1 Å². The number of anilines is 1. The molecular formula is C19H31BN4O3. The summed E-state index contributed by atoms with van der Waals surface area (Å²) in [5.74, 6) is 1.28. The summed E-state index contributed by atoms with van der Waals surface area (Å²) in [6, 6.07) is 0. The molecule has 1 aromatic heterocycles. The molecule has 8 heteroatoms. The first-order valence-electron chi connectivity index (χ1n) is 9.73. The molecule has 1 atom stereocenters. The molecule has 0 unspecified atom stereocenters. The molecule has 0 aliphatic carbocycles. The molecule has 1 aromatic rings. The molecule has 2 aliphatic heterocycles. The average Bonchev–Trinajstić information content (AvgIpc) is 2.83. The lowest BCUT2D eigenvalue weighted by Crippen LogP contribution is -2.42. The maximum Gasteiger partial charge on any atom is 0.498 e. The molecule has 148 valence electrons. The molecule has 3 rings (SSSR count). The van der Waals surface area contributed by atoms with Crippen LogP contribution in [0, 0.1) is 5.92 Å². The van der Waals surface area contributed by atoms with Gasteiger partial charge in [-0.05, 0) is 46.5 Å². The van der Waals surface area contributed by atoms with Gasteiger partial charge in [0.15, 0.2) is 0 Å². The van der Waals surface area contributed by atoms with Crippen molar-refractivity contribution in [3.05, 3.63) is 12.4 Å². The fourth-order valence-electron chi connectivity index (χ4n) is 3.60. The zero-order valence-corrected chi connectivity index (χ0v) is 17.4. The van der Waals surface area contributed by atoms with Crippen molar-refractivity contribution >= 4 is 24.4 Å². The first-order chi connectivity index (χ1) is 12.6. The molecule has 0 N–H and O–H groups in total. The maximum atomic E-state index is 11.6. The molecule has 0 bridgehead atoms. The zero-order chi connectivity index (χ0) is 19.8. The normalized spacial score (nSPS) is 24.1. The Hall–Kier alpha value is -1.67. The van der Waals surface area contributed by atoms with Crippen LogP contribution in [0.1, 0.15) is 47.5 Å². The van der Waals surface area contributed by atoms with E-state index >= 15 is 0 Å². The van der Waals surface area contributed by atoms with Gasteiger partial charge in [0.05, 0.1) is 11.2 Å². The molecule has 2 aliphatic rings. The summed E-state index contributed by atoms with van der Waals surface area (Å²) in [7, 11) is 1.55. The van der Waals surface area contributed by atoms with Gasteiger partial charge in [-0.1, -0.05) is 0 Å². The monoisotopic (exact) mass is 374 g/mol. The number of aromatic nitrogens is 2. The van der Waals surface area contributed by atoms with Crippen molar-refractivity contribution in [2.45, 2.75) is 58.7 Å². The third kappa shape index (κ3) is 4.27. The number of carbonyl (C=O) groups is 1. The number of hydrogen-bond acceptors (Lipinski definition) is 6. The van der Waals surface area contributed by atoms with E-state index in [1.807, 2.05) is 39.6 Å². The molecule has 0 saturated carbocycles. The molecule has 2 fully saturated rings. The molecule has 3 heterocycles. The Bertz CT molecular complexity index is 664. The van der Waals surface area contributed by atoms with Crippen LogP contribution in [0.4, 0.5) is 5.95 Å². The lowest BCUT2D eigenvalue weighted by atomic mass is 9.81. The number of piperidine rings is 1. The molecule has 27 heavy (non-hydrogen) atoms. The van der Waals surface area contributed by atoms with Gasteiger partial charge in [0, 0.05) is 51.5 Å². The van der Waals surface area contributed by atoms with Crippen LogP contribution < -0.4 is 10.4 Å². The van der Waals surface area contributed by atoms with Crippen LogP contribution in [0.25, 0.3) is 0 Å². The third-order valence-corrected chi connectivity index (χ3v) is 6.02. The Morgan fingerprint density at radius 1 is 1.26 bits per heavy atom. The minimum absolute atomic E-state index is 0.158. The number of carbonyl (C=O) groups excluding carboxylic acids is 1. The van der Waals surface area contributed by atoms with E-state index in [0.717, 1.165) is 37.9 Å². The standard InChI is InChI=1S/C19H31BN4O3/c1-14(25)24-9-7-8-15(13-24)12-23(6)17-21-10-16(11-22-17)20-26-18(2,3)19(4,5)27-20/h10-11,15H,7-9,12-13H2,1-6H3/t15-/m0/s1. The molecule has 2 saturated heterocycles. The number of likely N-dealkylation sites (tertiary alicyclic amines) is 1. The number of amides is 1. The summed E-state index contributed by atoms with van der Waals surface area (Å²) in [5, 5.41) is 0. The van der Waals surface area contributed by atoms with E-state index in [2.05, 4.69) is 14.9 Å². The Balaban J connectivity index is 1.61. The van der Waals surface area contributed by atoms with Crippen LogP contribution in [-0.4, -0.2) is 65.8 Å². The first kappa shape index (κ1) is 20.1. The van der Waals surface area contributed by atoms with Crippen molar-refractivity contribution in [2.24, 2.45) is 5.92 Å². The van der Waals surface area contributed by atoms with E-state index in [1.54, 1.807) is 19.3 Å². The summed E-state index contributed by atoms with van der Waals surface area (Å²) in [6.07, 6.45) is 5.74. The van der Waals surface area contributed by atoms with Crippen molar-refractivity contribution in [2.75, 3.05) is 31.6 Å². The minimum atomic E-state index is -0.447. The smallest absolute Gasteiger partial charge is 0.399 e. The molecule has 1 amide bonds. The largest absolute Gasteiger partial charge is 0.498 e. The maximum absolute atomic E-state index is 11.6.